The van der Waals surface area contributed by atoms with Crippen molar-refractivity contribution in [2.24, 2.45) is 5.73 Å². The first kappa shape index (κ1) is 33.7. The smallest absolute Gasteiger partial charge is 0.320 e. The molecule has 3 atom stereocenters. The highest BCUT2D eigenvalue weighted by molar-refractivity contribution is 5.83. The van der Waals surface area contributed by atoms with E-state index in [0.29, 0.717) is 64.5 Å². The van der Waals surface area contributed by atoms with Gasteiger partial charge in [0.25, 0.3) is 5.09 Å². The number of carbonyl (C=O) groups excluding carboxylic acids is 1. The van der Waals surface area contributed by atoms with Crippen LogP contribution in [0.2, 0.25) is 0 Å². The summed E-state index contributed by atoms with van der Waals surface area (Å²) in [4.78, 5) is 42.4. The quantitative estimate of drug-likeness (QED) is 0.116. The molecule has 12 nitrogen and oxygen atoms in total. The van der Waals surface area contributed by atoms with Gasteiger partial charge in [0.15, 0.2) is 0 Å². The van der Waals surface area contributed by atoms with E-state index in [2.05, 4.69) is 17.1 Å². The molecule has 2 aliphatic rings. The van der Waals surface area contributed by atoms with Crippen molar-refractivity contribution in [3.63, 3.8) is 0 Å². The molecule has 2 heterocycles. The van der Waals surface area contributed by atoms with Gasteiger partial charge in [-0.2, -0.15) is 5.06 Å². The second-order valence-electron chi connectivity index (χ2n) is 11.8. The van der Waals surface area contributed by atoms with Gasteiger partial charge in [-0.15, -0.1) is 10.1 Å². The number of hydrogen-bond acceptors (Lipinski definition) is 9. The summed E-state index contributed by atoms with van der Waals surface area (Å²) in [5.74, 6) is -1.28. The van der Waals surface area contributed by atoms with Crippen molar-refractivity contribution in [2.75, 3.05) is 19.7 Å². The Morgan fingerprint density at radius 2 is 1.88 bits per heavy atom. The highest BCUT2D eigenvalue weighted by Gasteiger charge is 2.48. The minimum atomic E-state index is -1.03. The molecule has 5 N–H and O–H groups in total. The van der Waals surface area contributed by atoms with E-state index >= 15 is 0 Å². The lowest BCUT2D eigenvalue weighted by Gasteiger charge is -2.36. The molecule has 1 saturated heterocycles. The molecule has 40 heavy (non-hydrogen) atoms. The number of carboxylic acids is 1. The normalized spacial score (nSPS) is 22.2. The average molecular weight is 568 g/mol. The highest BCUT2D eigenvalue weighted by Crippen LogP contribution is 2.45. The van der Waals surface area contributed by atoms with Gasteiger partial charge in [0.05, 0.1) is 23.2 Å². The molecule has 228 valence electrons. The summed E-state index contributed by atoms with van der Waals surface area (Å²) in [6, 6.07) is -2.06. The lowest BCUT2D eigenvalue weighted by molar-refractivity contribution is -0.758. The number of carbonyl (C=O) groups is 2. The Hall–Kier alpha value is -2.54. The van der Waals surface area contributed by atoms with E-state index in [-0.39, 0.29) is 12.5 Å². The van der Waals surface area contributed by atoms with Gasteiger partial charge in [0.1, 0.15) is 12.6 Å². The Bertz CT molecular complexity index is 949. The Morgan fingerprint density at radius 3 is 2.48 bits per heavy atom. The van der Waals surface area contributed by atoms with Crippen LogP contribution in [0.5, 0.6) is 0 Å². The molecule has 12 heteroatoms. The first-order chi connectivity index (χ1) is 18.8. The van der Waals surface area contributed by atoms with Crippen molar-refractivity contribution < 1.29 is 29.8 Å². The van der Waals surface area contributed by atoms with Crippen molar-refractivity contribution in [1.82, 2.24) is 15.3 Å². The number of aliphatic carboxylic acids is 1. The molecular formula is C28H49N5O7. The molecule has 0 radical (unpaired) electrons. The minimum Gasteiger partial charge on any atom is -0.480 e. The van der Waals surface area contributed by atoms with E-state index in [1.54, 1.807) is 4.90 Å². The highest BCUT2D eigenvalue weighted by atomic mass is 16.9. The van der Waals surface area contributed by atoms with Crippen LogP contribution >= 0.6 is 0 Å². The SMILES string of the molecule is CCC1=C(/C=C\CCCC(NC(CCCCN)C(=O)N2CCCC2CO[N+](=O)[O-])C(=O)O)C(C)(C)N(O)C1(C)C. The second kappa shape index (κ2) is 14.9. The van der Waals surface area contributed by atoms with E-state index in [9.17, 15) is 30.0 Å². The van der Waals surface area contributed by atoms with Crippen molar-refractivity contribution in [2.45, 2.75) is 122 Å². The van der Waals surface area contributed by atoms with Crippen molar-refractivity contribution >= 4 is 11.9 Å². The Morgan fingerprint density at radius 1 is 1.20 bits per heavy atom. The van der Waals surface area contributed by atoms with Crippen molar-refractivity contribution in [3.05, 3.63) is 33.4 Å². The van der Waals surface area contributed by atoms with Gasteiger partial charge in [0.2, 0.25) is 5.91 Å². The Balaban J connectivity index is 2.06. The lowest BCUT2D eigenvalue weighted by Crippen LogP contribution is -2.53. The molecule has 1 fully saturated rings. The van der Waals surface area contributed by atoms with Crippen LogP contribution in [0.1, 0.15) is 92.4 Å². The maximum absolute atomic E-state index is 13.4. The predicted molar refractivity (Wildman–Crippen MR) is 151 cm³/mol. The molecular weight excluding hydrogens is 518 g/mol. The standard InChI is InChI=1S/C28H49N5O7/c1-6-21-22(28(4,5)32(37)27(21,2)3)14-8-7-9-16-24(26(35)36)30-23(15-10-11-17-29)25(34)31-18-12-13-20(31)19-40-33(38)39/h8,14,20,23-24,30,37H,6-7,9-13,15-19,29H2,1-5H3,(H,35,36)/b14-8-. The van der Waals surface area contributed by atoms with Crippen LogP contribution in [0.3, 0.4) is 0 Å². The number of amides is 1. The third-order valence-corrected chi connectivity index (χ3v) is 8.26. The molecule has 0 spiro atoms. The number of hydrogen-bond donors (Lipinski definition) is 4. The van der Waals surface area contributed by atoms with Crippen LogP contribution in [0, 0.1) is 10.1 Å². The Kier molecular flexibility index (Phi) is 12.5. The third-order valence-electron chi connectivity index (χ3n) is 8.26. The predicted octanol–water partition coefficient (Wildman–Crippen LogP) is 3.42. The van der Waals surface area contributed by atoms with Crippen LogP contribution < -0.4 is 11.1 Å². The fraction of sp³-hybridized carbons (Fsp3) is 0.786. The fourth-order valence-electron chi connectivity index (χ4n) is 6.15. The number of carboxylic acid groups (broad SMARTS) is 1. The molecule has 2 aliphatic heterocycles. The topological polar surface area (TPSA) is 172 Å². The van der Waals surface area contributed by atoms with Gasteiger partial charge >= 0.3 is 5.97 Å². The van der Waals surface area contributed by atoms with Crippen molar-refractivity contribution in [1.29, 1.82) is 0 Å². The molecule has 0 saturated carbocycles. The van der Waals surface area contributed by atoms with Gasteiger partial charge in [0, 0.05) is 6.54 Å². The summed E-state index contributed by atoms with van der Waals surface area (Å²) in [7, 11) is 0. The van der Waals surface area contributed by atoms with Crippen LogP contribution in [0.25, 0.3) is 0 Å². The number of likely N-dealkylation sites (tertiary alicyclic amines) is 1. The monoisotopic (exact) mass is 567 g/mol. The van der Waals surface area contributed by atoms with Crippen LogP contribution in [0.15, 0.2) is 23.3 Å². The molecule has 0 bridgehead atoms. The molecule has 3 unspecified atom stereocenters. The summed E-state index contributed by atoms with van der Waals surface area (Å²) in [6.07, 6.45) is 9.53. The first-order valence-electron chi connectivity index (χ1n) is 14.5. The van der Waals surface area contributed by atoms with Gasteiger partial charge in [-0.3, -0.25) is 14.9 Å². The number of nitrogens with two attached hydrogens (primary N) is 1. The number of nitrogens with one attached hydrogen (secondary N) is 1. The number of allylic oxidation sites excluding steroid dienone is 1. The number of unbranched alkanes of at least 4 members (excludes halogenated alkanes) is 2. The zero-order valence-corrected chi connectivity index (χ0v) is 24.7. The molecule has 2 rings (SSSR count). The van der Waals surface area contributed by atoms with E-state index in [1.807, 2.05) is 39.8 Å². The van der Waals surface area contributed by atoms with Crippen LogP contribution in [0.4, 0.5) is 0 Å². The minimum absolute atomic E-state index is 0.193. The molecule has 0 aromatic rings. The lowest BCUT2D eigenvalue weighted by atomic mass is 9.88. The maximum atomic E-state index is 13.4. The van der Waals surface area contributed by atoms with Crippen LogP contribution in [-0.4, -0.2) is 86.1 Å². The molecule has 0 aromatic heterocycles. The Labute approximate surface area is 237 Å². The summed E-state index contributed by atoms with van der Waals surface area (Å²) in [5.41, 5.74) is 6.87. The van der Waals surface area contributed by atoms with Crippen LogP contribution in [-0.2, 0) is 14.4 Å². The first-order valence-corrected chi connectivity index (χ1v) is 14.5. The number of hydroxylamine groups is 2. The van der Waals surface area contributed by atoms with Crippen molar-refractivity contribution in [3.8, 4) is 0 Å². The van der Waals surface area contributed by atoms with E-state index < -0.39 is 40.3 Å². The maximum Gasteiger partial charge on any atom is 0.320 e. The summed E-state index contributed by atoms with van der Waals surface area (Å²) in [6.45, 7) is 10.8. The van der Waals surface area contributed by atoms with Gasteiger partial charge in [-0.25, -0.2) is 0 Å². The zero-order chi connectivity index (χ0) is 30.1. The van der Waals surface area contributed by atoms with E-state index in [4.69, 9.17) is 5.73 Å². The van der Waals surface area contributed by atoms with Gasteiger partial charge in [-0.05, 0) is 96.8 Å². The molecule has 0 aliphatic carbocycles. The van der Waals surface area contributed by atoms with E-state index in [1.165, 1.54) is 10.6 Å². The fourth-order valence-corrected chi connectivity index (χ4v) is 6.15. The summed E-state index contributed by atoms with van der Waals surface area (Å²) < 4.78 is 0. The summed E-state index contributed by atoms with van der Waals surface area (Å²) in [5, 5.41) is 35.0. The number of nitrogens with zero attached hydrogens (tertiary/aromatic N) is 3. The summed E-state index contributed by atoms with van der Waals surface area (Å²) >= 11 is 0. The second-order valence-corrected chi connectivity index (χ2v) is 11.8. The molecule has 0 aromatic carbocycles. The molecule has 1 amide bonds. The van der Waals surface area contributed by atoms with E-state index in [0.717, 1.165) is 12.0 Å². The number of rotatable bonds is 17. The van der Waals surface area contributed by atoms with Gasteiger partial charge in [-0.1, -0.05) is 25.5 Å². The average Bonchev–Trinajstić information content (AvgIpc) is 3.41. The largest absolute Gasteiger partial charge is 0.480 e. The zero-order valence-electron chi connectivity index (χ0n) is 24.7. The van der Waals surface area contributed by atoms with Gasteiger partial charge < -0.3 is 25.8 Å². The third kappa shape index (κ3) is 8.25.